The molecule has 1 aromatic heterocycles. The van der Waals surface area contributed by atoms with Crippen molar-refractivity contribution in [1.29, 1.82) is 0 Å². The van der Waals surface area contributed by atoms with E-state index >= 15 is 0 Å². The van der Waals surface area contributed by atoms with Crippen LogP contribution in [0.5, 0.6) is 5.75 Å². The Kier molecular flexibility index (Phi) is 3.30. The fourth-order valence-corrected chi connectivity index (χ4v) is 1.85. The van der Waals surface area contributed by atoms with Gasteiger partial charge in [0.2, 0.25) is 0 Å². The van der Waals surface area contributed by atoms with Gasteiger partial charge < -0.3 is 9.84 Å². The molecular weight excluding hydrogens is 233 g/mol. The van der Waals surface area contributed by atoms with Gasteiger partial charge >= 0.3 is 0 Å². The van der Waals surface area contributed by atoms with Crippen molar-refractivity contribution in [2.45, 2.75) is 12.5 Å². The molecule has 0 fully saturated rings. The van der Waals surface area contributed by atoms with Crippen molar-refractivity contribution < 1.29 is 14.2 Å². The van der Waals surface area contributed by atoms with Gasteiger partial charge in [0.25, 0.3) is 0 Å². The molecule has 0 spiro atoms. The van der Waals surface area contributed by atoms with E-state index in [0.717, 1.165) is 6.20 Å². The molecule has 2 rings (SSSR count). The Labute approximate surface area is 105 Å². The number of pyridine rings is 1. The van der Waals surface area contributed by atoms with Crippen molar-refractivity contribution in [3.63, 3.8) is 0 Å². The van der Waals surface area contributed by atoms with E-state index < -0.39 is 11.4 Å². The van der Waals surface area contributed by atoms with Crippen molar-refractivity contribution in [2.75, 3.05) is 7.11 Å². The molecule has 0 aliphatic carbocycles. The van der Waals surface area contributed by atoms with Gasteiger partial charge in [-0.1, -0.05) is 12.1 Å². The summed E-state index contributed by atoms with van der Waals surface area (Å²) in [5.41, 5.74) is -0.681. The lowest BCUT2D eigenvalue weighted by Crippen LogP contribution is -2.24. The van der Waals surface area contributed by atoms with Gasteiger partial charge in [-0.2, -0.15) is 0 Å². The molecule has 0 saturated carbocycles. The van der Waals surface area contributed by atoms with Crippen LogP contribution in [0.2, 0.25) is 0 Å². The third kappa shape index (κ3) is 2.19. The van der Waals surface area contributed by atoms with Crippen molar-refractivity contribution in [3.8, 4) is 5.75 Å². The summed E-state index contributed by atoms with van der Waals surface area (Å²) < 4.78 is 18.8. The van der Waals surface area contributed by atoms with E-state index in [2.05, 4.69) is 4.98 Å². The van der Waals surface area contributed by atoms with Crippen LogP contribution in [0.25, 0.3) is 0 Å². The van der Waals surface area contributed by atoms with Crippen LogP contribution in [0, 0.1) is 5.82 Å². The van der Waals surface area contributed by atoms with Crippen LogP contribution in [-0.2, 0) is 5.60 Å². The Balaban J connectivity index is 2.50. The normalized spacial score (nSPS) is 14.0. The number of ether oxygens (including phenoxy) is 1. The van der Waals surface area contributed by atoms with Crippen LogP contribution >= 0.6 is 0 Å². The molecule has 0 aliphatic heterocycles. The lowest BCUT2D eigenvalue weighted by Gasteiger charge is -2.25. The number of aliphatic hydroxyl groups is 1. The second kappa shape index (κ2) is 4.74. The van der Waals surface area contributed by atoms with E-state index in [1.54, 1.807) is 38.3 Å². The first-order chi connectivity index (χ1) is 8.55. The van der Waals surface area contributed by atoms with E-state index in [-0.39, 0.29) is 5.56 Å². The smallest absolute Gasteiger partial charge is 0.147 e. The summed E-state index contributed by atoms with van der Waals surface area (Å²) in [6.07, 6.45) is 2.54. The fraction of sp³-hybridized carbons (Fsp3) is 0.214. The quantitative estimate of drug-likeness (QED) is 0.906. The summed E-state index contributed by atoms with van der Waals surface area (Å²) in [6, 6.07) is 8.39. The molecule has 2 aromatic rings. The van der Waals surface area contributed by atoms with Gasteiger partial charge in [0.1, 0.15) is 17.2 Å². The lowest BCUT2D eigenvalue weighted by molar-refractivity contribution is 0.0975. The molecule has 1 N–H and O–H groups in total. The Bertz CT molecular complexity index is 555. The molecule has 1 atom stereocenters. The summed E-state index contributed by atoms with van der Waals surface area (Å²) in [6.45, 7) is 1.54. The first-order valence-corrected chi connectivity index (χ1v) is 5.52. The molecule has 18 heavy (non-hydrogen) atoms. The van der Waals surface area contributed by atoms with Crippen LogP contribution in [-0.4, -0.2) is 17.2 Å². The van der Waals surface area contributed by atoms with Gasteiger partial charge in [-0.05, 0) is 30.7 Å². The number of halogens is 1. The maximum absolute atomic E-state index is 13.7. The second-order valence-electron chi connectivity index (χ2n) is 4.16. The van der Waals surface area contributed by atoms with E-state index in [4.69, 9.17) is 4.74 Å². The van der Waals surface area contributed by atoms with E-state index in [9.17, 15) is 9.50 Å². The average molecular weight is 247 g/mol. The topological polar surface area (TPSA) is 42.4 Å². The third-order valence-corrected chi connectivity index (χ3v) is 2.93. The number of hydrogen-bond acceptors (Lipinski definition) is 3. The Hall–Kier alpha value is -1.94. The van der Waals surface area contributed by atoms with Gasteiger partial charge in [0.05, 0.1) is 13.3 Å². The molecule has 1 aromatic carbocycles. The van der Waals surface area contributed by atoms with Crippen LogP contribution < -0.4 is 4.74 Å². The summed E-state index contributed by atoms with van der Waals surface area (Å²) in [5.74, 6) is 0.0764. The molecule has 1 unspecified atom stereocenters. The van der Waals surface area contributed by atoms with Gasteiger partial charge in [-0.15, -0.1) is 0 Å². The highest BCUT2D eigenvalue weighted by Crippen LogP contribution is 2.32. The molecule has 4 heteroatoms. The first kappa shape index (κ1) is 12.5. The van der Waals surface area contributed by atoms with E-state index in [0.29, 0.717) is 11.3 Å². The number of hydrogen-bond donors (Lipinski definition) is 1. The minimum Gasteiger partial charge on any atom is -0.497 e. The van der Waals surface area contributed by atoms with Gasteiger partial charge in [-0.3, -0.25) is 4.98 Å². The molecule has 0 bridgehead atoms. The fourth-order valence-electron chi connectivity index (χ4n) is 1.85. The molecule has 0 amide bonds. The van der Waals surface area contributed by atoms with Crippen LogP contribution in [0.3, 0.4) is 0 Å². The second-order valence-corrected chi connectivity index (χ2v) is 4.16. The zero-order chi connectivity index (χ0) is 13.2. The van der Waals surface area contributed by atoms with Crippen molar-refractivity contribution in [2.24, 2.45) is 0 Å². The van der Waals surface area contributed by atoms with Gasteiger partial charge in [0, 0.05) is 11.8 Å². The first-order valence-electron chi connectivity index (χ1n) is 5.52. The molecule has 0 aliphatic rings. The van der Waals surface area contributed by atoms with Crippen molar-refractivity contribution >= 4 is 0 Å². The largest absolute Gasteiger partial charge is 0.497 e. The Morgan fingerprint density at radius 3 is 2.78 bits per heavy atom. The highest BCUT2D eigenvalue weighted by molar-refractivity contribution is 5.39. The summed E-state index contributed by atoms with van der Waals surface area (Å²) in [5, 5.41) is 10.5. The minimum atomic E-state index is -1.43. The van der Waals surface area contributed by atoms with E-state index in [1.807, 2.05) is 0 Å². The van der Waals surface area contributed by atoms with E-state index in [1.165, 1.54) is 12.3 Å². The Morgan fingerprint density at radius 1 is 1.33 bits per heavy atom. The van der Waals surface area contributed by atoms with Gasteiger partial charge in [-0.25, -0.2) is 4.39 Å². The predicted molar refractivity (Wildman–Crippen MR) is 65.9 cm³/mol. The van der Waals surface area contributed by atoms with Crippen LogP contribution in [0.1, 0.15) is 18.1 Å². The monoisotopic (exact) mass is 247 g/mol. The SMILES string of the molecule is COc1cccc(C(C)(O)c2ccncc2F)c1. The van der Waals surface area contributed by atoms with Crippen molar-refractivity contribution in [1.82, 2.24) is 4.98 Å². The highest BCUT2D eigenvalue weighted by Gasteiger charge is 2.29. The predicted octanol–water partition coefficient (Wildman–Crippen LogP) is 2.49. The molecule has 1 heterocycles. The number of methoxy groups -OCH3 is 1. The summed E-state index contributed by atoms with van der Waals surface area (Å²) in [4.78, 5) is 3.68. The minimum absolute atomic E-state index is 0.186. The third-order valence-electron chi connectivity index (χ3n) is 2.93. The number of aromatic nitrogens is 1. The van der Waals surface area contributed by atoms with Crippen LogP contribution in [0.15, 0.2) is 42.7 Å². The zero-order valence-corrected chi connectivity index (χ0v) is 10.2. The molecule has 0 radical (unpaired) electrons. The number of benzene rings is 1. The number of rotatable bonds is 3. The zero-order valence-electron chi connectivity index (χ0n) is 10.2. The molecule has 3 nitrogen and oxygen atoms in total. The average Bonchev–Trinajstić information content (AvgIpc) is 2.39. The molecular formula is C14H14FNO2. The highest BCUT2D eigenvalue weighted by atomic mass is 19.1. The van der Waals surface area contributed by atoms with Crippen LogP contribution in [0.4, 0.5) is 4.39 Å². The van der Waals surface area contributed by atoms with Crippen molar-refractivity contribution in [3.05, 3.63) is 59.7 Å². The number of nitrogens with zero attached hydrogens (tertiary/aromatic N) is 1. The summed E-state index contributed by atoms with van der Waals surface area (Å²) >= 11 is 0. The molecule has 94 valence electrons. The van der Waals surface area contributed by atoms with Gasteiger partial charge in [0.15, 0.2) is 0 Å². The Morgan fingerprint density at radius 2 is 2.11 bits per heavy atom. The maximum Gasteiger partial charge on any atom is 0.147 e. The molecule has 0 saturated heterocycles. The standard InChI is InChI=1S/C14H14FNO2/c1-14(17,12-6-7-16-9-13(12)15)10-4-3-5-11(8-10)18-2/h3-9,17H,1-2H3. The maximum atomic E-state index is 13.7. The lowest BCUT2D eigenvalue weighted by atomic mass is 9.88. The summed E-state index contributed by atoms with van der Waals surface area (Å²) in [7, 11) is 1.54.